The van der Waals surface area contributed by atoms with Crippen LogP contribution in [0.5, 0.6) is 0 Å². The van der Waals surface area contributed by atoms with Gasteiger partial charge in [0, 0.05) is 16.7 Å². The quantitative estimate of drug-likeness (QED) is 0.779. The molecule has 2 unspecified atom stereocenters. The van der Waals surface area contributed by atoms with Gasteiger partial charge in [0.25, 0.3) is 0 Å². The van der Waals surface area contributed by atoms with Crippen LogP contribution in [0.25, 0.3) is 0 Å². The first-order chi connectivity index (χ1) is 7.00. The van der Waals surface area contributed by atoms with Gasteiger partial charge < -0.3 is 10.8 Å². The standard InChI is InChI=1S/C11H16FNOS/c1-7(14)8(2)15-6-9-3-4-10(13)5-11(9)12/h3-5,7-8,14H,6,13H2,1-2H3. The first kappa shape index (κ1) is 12.3. The number of hydrogen-bond donors (Lipinski definition) is 2. The molecule has 1 aromatic carbocycles. The van der Waals surface area contributed by atoms with Gasteiger partial charge in [0.2, 0.25) is 0 Å². The number of aliphatic hydroxyl groups excluding tert-OH is 1. The SMILES string of the molecule is CC(O)C(C)SCc1ccc(N)cc1F. The summed E-state index contributed by atoms with van der Waals surface area (Å²) in [5, 5.41) is 9.38. The van der Waals surface area contributed by atoms with Crippen LogP contribution < -0.4 is 5.73 Å². The zero-order chi connectivity index (χ0) is 11.4. The highest BCUT2D eigenvalue weighted by molar-refractivity contribution is 7.99. The van der Waals surface area contributed by atoms with Crippen molar-refractivity contribution in [1.82, 2.24) is 0 Å². The fourth-order valence-corrected chi connectivity index (χ4v) is 2.00. The third-order valence-electron chi connectivity index (χ3n) is 2.26. The molecule has 2 nitrogen and oxygen atoms in total. The van der Waals surface area contributed by atoms with Crippen LogP contribution in [0.3, 0.4) is 0 Å². The Kier molecular flexibility index (Phi) is 4.42. The van der Waals surface area contributed by atoms with Crippen molar-refractivity contribution in [2.75, 3.05) is 5.73 Å². The summed E-state index contributed by atoms with van der Waals surface area (Å²) in [6.45, 7) is 3.65. The number of aliphatic hydroxyl groups is 1. The number of thioether (sulfide) groups is 1. The van der Waals surface area contributed by atoms with Crippen LogP contribution in [0.15, 0.2) is 18.2 Å². The molecule has 0 saturated carbocycles. The molecule has 3 N–H and O–H groups in total. The van der Waals surface area contributed by atoms with E-state index >= 15 is 0 Å². The van der Waals surface area contributed by atoms with Crippen LogP contribution in [-0.2, 0) is 5.75 Å². The zero-order valence-corrected chi connectivity index (χ0v) is 9.72. The Balaban J connectivity index is 2.58. The summed E-state index contributed by atoms with van der Waals surface area (Å²) in [6, 6.07) is 4.70. The predicted molar refractivity (Wildman–Crippen MR) is 63.3 cm³/mol. The van der Waals surface area contributed by atoms with E-state index in [0.29, 0.717) is 17.0 Å². The average Bonchev–Trinajstić information content (AvgIpc) is 2.15. The van der Waals surface area contributed by atoms with Crippen LogP contribution in [0.2, 0.25) is 0 Å². The van der Waals surface area contributed by atoms with Gasteiger partial charge in [0.15, 0.2) is 0 Å². The fraction of sp³-hybridized carbons (Fsp3) is 0.455. The second kappa shape index (κ2) is 5.37. The molecular weight excluding hydrogens is 213 g/mol. The topological polar surface area (TPSA) is 46.2 Å². The number of rotatable bonds is 4. The Morgan fingerprint density at radius 3 is 2.67 bits per heavy atom. The van der Waals surface area contributed by atoms with Crippen molar-refractivity contribution >= 4 is 17.4 Å². The summed E-state index contributed by atoms with van der Waals surface area (Å²) in [5.41, 5.74) is 6.51. The molecule has 0 aliphatic carbocycles. The van der Waals surface area contributed by atoms with Gasteiger partial charge in [-0.05, 0) is 24.6 Å². The van der Waals surface area contributed by atoms with Crippen molar-refractivity contribution in [3.05, 3.63) is 29.6 Å². The van der Waals surface area contributed by atoms with Crippen LogP contribution >= 0.6 is 11.8 Å². The van der Waals surface area contributed by atoms with Crippen molar-refractivity contribution in [2.24, 2.45) is 0 Å². The summed E-state index contributed by atoms with van der Waals surface area (Å²) in [4.78, 5) is 0. The summed E-state index contributed by atoms with van der Waals surface area (Å²) in [5.74, 6) is 0.276. The van der Waals surface area contributed by atoms with Crippen LogP contribution in [0.4, 0.5) is 10.1 Å². The van der Waals surface area contributed by atoms with Gasteiger partial charge in [-0.15, -0.1) is 0 Å². The van der Waals surface area contributed by atoms with E-state index in [-0.39, 0.29) is 17.2 Å². The van der Waals surface area contributed by atoms with E-state index in [1.165, 1.54) is 17.8 Å². The minimum Gasteiger partial charge on any atom is -0.399 e. The molecule has 0 spiro atoms. The highest BCUT2D eigenvalue weighted by atomic mass is 32.2. The molecule has 0 aromatic heterocycles. The minimum atomic E-state index is -0.383. The molecule has 15 heavy (non-hydrogen) atoms. The van der Waals surface area contributed by atoms with Gasteiger partial charge >= 0.3 is 0 Å². The lowest BCUT2D eigenvalue weighted by molar-refractivity contribution is 0.196. The predicted octanol–water partition coefficient (Wildman–Crippen LogP) is 2.41. The Bertz CT molecular complexity index is 330. The van der Waals surface area contributed by atoms with E-state index in [1.807, 2.05) is 6.92 Å². The molecule has 0 aliphatic heterocycles. The molecule has 0 aliphatic rings. The maximum absolute atomic E-state index is 13.3. The minimum absolute atomic E-state index is 0.0990. The third-order valence-corrected chi connectivity index (χ3v) is 3.66. The van der Waals surface area contributed by atoms with Gasteiger partial charge in [-0.1, -0.05) is 13.0 Å². The lowest BCUT2D eigenvalue weighted by Gasteiger charge is -2.14. The monoisotopic (exact) mass is 229 g/mol. The number of nitrogens with two attached hydrogens (primary N) is 1. The highest BCUT2D eigenvalue weighted by Crippen LogP contribution is 2.22. The maximum Gasteiger partial charge on any atom is 0.129 e. The van der Waals surface area contributed by atoms with E-state index < -0.39 is 0 Å². The molecule has 0 heterocycles. The third kappa shape index (κ3) is 3.72. The number of anilines is 1. The molecule has 1 aromatic rings. The Morgan fingerprint density at radius 1 is 1.47 bits per heavy atom. The van der Waals surface area contributed by atoms with Crippen molar-refractivity contribution in [3.8, 4) is 0 Å². The molecule has 0 amide bonds. The summed E-state index contributed by atoms with van der Waals surface area (Å²) < 4.78 is 13.3. The molecule has 0 bridgehead atoms. The Morgan fingerprint density at radius 2 is 2.13 bits per heavy atom. The Hall–Kier alpha value is -0.740. The summed E-state index contributed by atoms with van der Waals surface area (Å²) in [6.07, 6.45) is -0.383. The molecule has 2 atom stereocenters. The van der Waals surface area contributed by atoms with Gasteiger partial charge in [-0.3, -0.25) is 0 Å². The zero-order valence-electron chi connectivity index (χ0n) is 8.90. The van der Waals surface area contributed by atoms with E-state index in [4.69, 9.17) is 5.73 Å². The summed E-state index contributed by atoms with van der Waals surface area (Å²) in [7, 11) is 0. The van der Waals surface area contributed by atoms with Crippen molar-refractivity contribution < 1.29 is 9.50 Å². The van der Waals surface area contributed by atoms with E-state index in [1.54, 1.807) is 19.1 Å². The normalized spacial score (nSPS) is 14.9. The van der Waals surface area contributed by atoms with Crippen LogP contribution in [-0.4, -0.2) is 16.5 Å². The average molecular weight is 229 g/mol. The van der Waals surface area contributed by atoms with Crippen LogP contribution in [0.1, 0.15) is 19.4 Å². The van der Waals surface area contributed by atoms with Crippen molar-refractivity contribution in [2.45, 2.75) is 31.0 Å². The number of halogens is 1. The van der Waals surface area contributed by atoms with Gasteiger partial charge in [0.1, 0.15) is 5.82 Å². The number of nitrogen functional groups attached to an aromatic ring is 1. The van der Waals surface area contributed by atoms with E-state index in [2.05, 4.69) is 0 Å². The van der Waals surface area contributed by atoms with Crippen molar-refractivity contribution in [3.63, 3.8) is 0 Å². The molecule has 0 fully saturated rings. The first-order valence-electron chi connectivity index (χ1n) is 4.84. The smallest absolute Gasteiger partial charge is 0.129 e. The Labute approximate surface area is 93.7 Å². The number of hydrogen-bond acceptors (Lipinski definition) is 3. The highest BCUT2D eigenvalue weighted by Gasteiger charge is 2.10. The van der Waals surface area contributed by atoms with Gasteiger partial charge in [-0.2, -0.15) is 11.8 Å². The second-order valence-corrected chi connectivity index (χ2v) is 4.97. The first-order valence-corrected chi connectivity index (χ1v) is 5.89. The fourth-order valence-electron chi connectivity index (χ4n) is 1.04. The lowest BCUT2D eigenvalue weighted by Crippen LogP contribution is -2.15. The number of benzene rings is 1. The second-order valence-electron chi connectivity index (χ2n) is 3.61. The van der Waals surface area contributed by atoms with E-state index in [9.17, 15) is 9.50 Å². The van der Waals surface area contributed by atoms with Crippen molar-refractivity contribution in [1.29, 1.82) is 0 Å². The lowest BCUT2D eigenvalue weighted by atomic mass is 10.2. The molecule has 4 heteroatoms. The maximum atomic E-state index is 13.3. The largest absolute Gasteiger partial charge is 0.399 e. The van der Waals surface area contributed by atoms with Gasteiger partial charge in [0.05, 0.1) is 6.10 Å². The molecule has 1 rings (SSSR count). The van der Waals surface area contributed by atoms with Crippen LogP contribution in [0, 0.1) is 5.82 Å². The molecule has 0 saturated heterocycles. The molecular formula is C11H16FNOS. The van der Waals surface area contributed by atoms with E-state index in [0.717, 1.165) is 0 Å². The molecule has 0 radical (unpaired) electrons. The molecule has 84 valence electrons. The van der Waals surface area contributed by atoms with Gasteiger partial charge in [-0.25, -0.2) is 4.39 Å². The summed E-state index contributed by atoms with van der Waals surface area (Å²) >= 11 is 1.53.